The molecule has 3 N–H and O–H groups in total. The molecule has 10 heteroatoms. The molecule has 0 saturated heterocycles. The zero-order chi connectivity index (χ0) is 40.9. The highest BCUT2D eigenvalue weighted by Crippen LogP contribution is 2.38. The van der Waals surface area contributed by atoms with Gasteiger partial charge in [-0.3, -0.25) is 9.36 Å². The number of amides is 1. The van der Waals surface area contributed by atoms with Gasteiger partial charge in [-0.05, 0) is 51.4 Å². The van der Waals surface area contributed by atoms with Crippen molar-refractivity contribution in [1.82, 2.24) is 5.32 Å². The Kier molecular flexibility index (Phi) is 34.9. The summed E-state index contributed by atoms with van der Waals surface area (Å²) in [7, 11) is 1.17. The van der Waals surface area contributed by atoms with Crippen molar-refractivity contribution in [3.05, 3.63) is 72.9 Å². The Balaban J connectivity index is 4.66. The fraction of sp³-hybridized carbons (Fsp3) is 0.711. The lowest BCUT2D eigenvalue weighted by atomic mass is 10.0. The average Bonchev–Trinajstić information content (AvgIpc) is 3.13. The molecule has 2 unspecified atom stereocenters. The molecule has 9 nitrogen and oxygen atoms in total. The second-order valence-electron chi connectivity index (χ2n) is 15.5. The lowest BCUT2D eigenvalue weighted by Gasteiger charge is -2.29. The topological polar surface area (TPSA) is 128 Å². The van der Waals surface area contributed by atoms with Gasteiger partial charge in [-0.15, -0.1) is 0 Å². The van der Waals surface area contributed by atoms with Crippen LogP contribution in [0.25, 0.3) is 0 Å². The van der Waals surface area contributed by atoms with E-state index in [0.717, 1.165) is 38.5 Å². The third-order valence-corrected chi connectivity index (χ3v) is 9.97. The van der Waals surface area contributed by atoms with E-state index in [2.05, 4.69) is 37.4 Å². The molecule has 0 aromatic carbocycles. The van der Waals surface area contributed by atoms with Gasteiger partial charge in [-0.25, -0.2) is 0 Å². The van der Waals surface area contributed by atoms with Gasteiger partial charge < -0.3 is 34.0 Å². The molecule has 0 aliphatic heterocycles. The van der Waals surface area contributed by atoms with E-state index in [9.17, 15) is 24.5 Å². The molecule has 0 aromatic heterocycles. The first-order chi connectivity index (χ1) is 26.4. The van der Waals surface area contributed by atoms with Gasteiger partial charge in [-0.2, -0.15) is 0 Å². The van der Waals surface area contributed by atoms with E-state index in [1.807, 2.05) is 63.7 Å². The number of likely N-dealkylation sites (N-methyl/N-ethyl adjacent to an activating group) is 1. The maximum atomic E-state index is 12.8. The number of rotatable bonds is 37. The Hall–Kier alpha value is -2.10. The van der Waals surface area contributed by atoms with Gasteiger partial charge in [0, 0.05) is 6.42 Å². The highest BCUT2D eigenvalue weighted by molar-refractivity contribution is 7.45. The summed E-state index contributed by atoms with van der Waals surface area (Å²) in [5.41, 5.74) is 0. The van der Waals surface area contributed by atoms with Crippen molar-refractivity contribution in [3.8, 4) is 0 Å². The molecule has 318 valence electrons. The molecule has 0 heterocycles. The van der Waals surface area contributed by atoms with E-state index in [0.29, 0.717) is 30.3 Å². The highest BCUT2D eigenvalue weighted by atomic mass is 31.2. The van der Waals surface area contributed by atoms with Gasteiger partial charge in [0.05, 0.1) is 46.0 Å². The SMILES string of the molecule is CC/C=C\C/C=C\CC(O)/C=C/C=C\C/C=C\CCCC(=O)N[C@@H](COP(=O)([O-])OCC[N+](C)(C)C)[C@H](O)/C=C/CCCCCCCCCCCCCCC. The maximum Gasteiger partial charge on any atom is 0.268 e. The van der Waals surface area contributed by atoms with Crippen molar-refractivity contribution < 1.29 is 38.0 Å². The number of quaternary nitrogens is 1. The minimum Gasteiger partial charge on any atom is -0.756 e. The van der Waals surface area contributed by atoms with Crippen LogP contribution >= 0.6 is 7.82 Å². The number of unbranched alkanes of at least 4 members (excludes halogenated alkanes) is 14. The Bertz CT molecular complexity index is 1140. The molecule has 55 heavy (non-hydrogen) atoms. The van der Waals surface area contributed by atoms with Gasteiger partial charge in [0.1, 0.15) is 13.2 Å². The van der Waals surface area contributed by atoms with E-state index in [4.69, 9.17) is 9.05 Å². The lowest BCUT2D eigenvalue weighted by molar-refractivity contribution is -0.870. The molecule has 0 rings (SSSR count). The molecule has 0 aliphatic carbocycles. The van der Waals surface area contributed by atoms with Gasteiger partial charge in [-0.1, -0.05) is 164 Å². The number of hydrogen-bond donors (Lipinski definition) is 3. The minimum atomic E-state index is -4.62. The first-order valence-corrected chi connectivity index (χ1v) is 22.9. The lowest BCUT2D eigenvalue weighted by Crippen LogP contribution is -2.45. The molecule has 0 fully saturated rings. The number of hydrogen-bond acceptors (Lipinski definition) is 7. The van der Waals surface area contributed by atoms with E-state index < -0.39 is 32.7 Å². The zero-order valence-electron chi connectivity index (χ0n) is 35.5. The first-order valence-electron chi connectivity index (χ1n) is 21.4. The second kappa shape index (κ2) is 36.3. The third-order valence-electron chi connectivity index (χ3n) is 9.00. The van der Waals surface area contributed by atoms with Crippen LogP contribution in [-0.2, 0) is 18.4 Å². The molecule has 4 atom stereocenters. The Labute approximate surface area is 336 Å². The summed E-state index contributed by atoms with van der Waals surface area (Å²) in [6.45, 7) is 4.38. The normalized spacial score (nSPS) is 15.7. The second-order valence-corrected chi connectivity index (χ2v) is 16.9. The summed E-state index contributed by atoms with van der Waals surface area (Å²) < 4.78 is 23.1. The predicted molar refractivity (Wildman–Crippen MR) is 229 cm³/mol. The molecule has 0 bridgehead atoms. The van der Waals surface area contributed by atoms with Crippen LogP contribution in [0.4, 0.5) is 0 Å². The van der Waals surface area contributed by atoms with Crippen molar-refractivity contribution in [1.29, 1.82) is 0 Å². The van der Waals surface area contributed by atoms with Gasteiger partial charge >= 0.3 is 0 Å². The number of carbonyl (C=O) groups excluding carboxylic acids is 1. The van der Waals surface area contributed by atoms with E-state index in [1.54, 1.807) is 12.2 Å². The van der Waals surface area contributed by atoms with Gasteiger partial charge in [0.15, 0.2) is 0 Å². The first kappa shape index (κ1) is 52.9. The summed E-state index contributed by atoms with van der Waals surface area (Å²) in [6.07, 6.45) is 44.1. The molecule has 0 radical (unpaired) electrons. The average molecular weight is 793 g/mol. The smallest absolute Gasteiger partial charge is 0.268 e. The van der Waals surface area contributed by atoms with E-state index >= 15 is 0 Å². The summed E-state index contributed by atoms with van der Waals surface area (Å²) in [6, 6.07) is -0.939. The van der Waals surface area contributed by atoms with Crippen LogP contribution in [0, 0.1) is 0 Å². The van der Waals surface area contributed by atoms with E-state index in [-0.39, 0.29) is 18.9 Å². The van der Waals surface area contributed by atoms with Crippen LogP contribution in [-0.4, -0.2) is 79.8 Å². The number of carbonyl (C=O) groups is 1. The summed E-state index contributed by atoms with van der Waals surface area (Å²) in [5.74, 6) is -0.284. The van der Waals surface area contributed by atoms with Crippen LogP contribution in [0.2, 0.25) is 0 Å². The van der Waals surface area contributed by atoms with Crippen LogP contribution in [0.5, 0.6) is 0 Å². The Morgan fingerprint density at radius 1 is 0.709 bits per heavy atom. The Morgan fingerprint density at radius 2 is 1.29 bits per heavy atom. The Morgan fingerprint density at radius 3 is 1.93 bits per heavy atom. The van der Waals surface area contributed by atoms with Gasteiger partial charge in [0.25, 0.3) is 7.82 Å². The zero-order valence-corrected chi connectivity index (χ0v) is 36.4. The molecule has 0 spiro atoms. The van der Waals surface area contributed by atoms with Crippen molar-refractivity contribution in [2.45, 2.75) is 167 Å². The van der Waals surface area contributed by atoms with Crippen molar-refractivity contribution in [2.75, 3.05) is 40.9 Å². The number of nitrogens with one attached hydrogen (secondary N) is 1. The van der Waals surface area contributed by atoms with Crippen LogP contribution < -0.4 is 10.2 Å². The van der Waals surface area contributed by atoms with Gasteiger partial charge in [0.2, 0.25) is 5.91 Å². The third kappa shape index (κ3) is 38.5. The van der Waals surface area contributed by atoms with E-state index in [1.165, 1.54) is 70.6 Å². The van der Waals surface area contributed by atoms with Crippen molar-refractivity contribution in [2.24, 2.45) is 0 Å². The molecule has 1 amide bonds. The maximum absolute atomic E-state index is 12.8. The summed E-state index contributed by atoms with van der Waals surface area (Å²) in [4.78, 5) is 25.2. The van der Waals surface area contributed by atoms with Crippen LogP contribution in [0.3, 0.4) is 0 Å². The monoisotopic (exact) mass is 793 g/mol. The number of phosphoric acid groups is 1. The summed E-state index contributed by atoms with van der Waals surface area (Å²) >= 11 is 0. The molecular formula is C45H81N2O7P. The number of allylic oxidation sites excluding steroid dienone is 9. The van der Waals surface area contributed by atoms with Crippen LogP contribution in [0.1, 0.15) is 149 Å². The molecule has 0 saturated carbocycles. The largest absolute Gasteiger partial charge is 0.756 e. The molecule has 0 aromatic rings. The summed E-state index contributed by atoms with van der Waals surface area (Å²) in [5, 5.41) is 23.7. The molecular weight excluding hydrogens is 711 g/mol. The number of aliphatic hydroxyl groups excluding tert-OH is 2. The fourth-order valence-corrected chi connectivity index (χ4v) is 6.29. The van der Waals surface area contributed by atoms with Crippen molar-refractivity contribution >= 4 is 13.7 Å². The minimum absolute atomic E-state index is 0.0263. The predicted octanol–water partition coefficient (Wildman–Crippen LogP) is 9.97. The molecule has 0 aliphatic rings. The number of nitrogens with zero attached hydrogens (tertiary/aromatic N) is 1. The fourth-order valence-electron chi connectivity index (χ4n) is 5.56. The number of aliphatic hydroxyl groups is 2. The quantitative estimate of drug-likeness (QED) is 0.0188. The van der Waals surface area contributed by atoms with Crippen molar-refractivity contribution in [3.63, 3.8) is 0 Å². The van der Waals surface area contributed by atoms with Crippen LogP contribution in [0.15, 0.2) is 72.9 Å². The number of phosphoric ester groups is 1. The standard InChI is InChI=1S/C45H81N2O7P/c1-6-8-10-12-14-15-16-17-18-19-20-21-25-29-33-37-44(49)43(41-54-55(51,52)53-40-39-47(3,4)5)46-45(50)38-34-30-26-23-22-24-28-32-36-42(48)35-31-27-13-11-9-7-2/h9,11,23-24,26-28,31-33,36-37,42-44,48-49H,6-8,10,12-22,25,29-30,34-35,38-41H2,1-5H3,(H-,46,50,51,52)/b11-9-,26-23-,28-24-,31-27-,36-32+,37-33+/t42?,43-,44+/m0/s1. The highest BCUT2D eigenvalue weighted by Gasteiger charge is 2.23.